The van der Waals surface area contributed by atoms with Crippen LogP contribution in [0.25, 0.3) is 0 Å². The van der Waals surface area contributed by atoms with Crippen LogP contribution in [0.1, 0.15) is 47.5 Å². The number of hydrogen-bond donors (Lipinski definition) is 0. The smallest absolute Gasteiger partial charge is 0.330 e. The highest BCUT2D eigenvalue weighted by Crippen LogP contribution is 2.17. The first-order valence-electron chi connectivity index (χ1n) is 8.50. The van der Waals surface area contributed by atoms with Gasteiger partial charge >= 0.3 is 5.97 Å². The van der Waals surface area contributed by atoms with Gasteiger partial charge in [0.2, 0.25) is 11.8 Å². The van der Waals surface area contributed by atoms with Crippen LogP contribution in [0.5, 0.6) is 0 Å². The molecule has 0 aromatic carbocycles. The average Bonchev–Trinajstić information content (AvgIpc) is 2.45. The molecule has 1 rings (SSSR count). The third-order valence-corrected chi connectivity index (χ3v) is 3.78. The minimum Gasteiger partial charge on any atom is -0.464 e. The van der Waals surface area contributed by atoms with Gasteiger partial charge in [-0.25, -0.2) is 4.79 Å². The minimum absolute atomic E-state index is 0.0326. The van der Waals surface area contributed by atoms with Gasteiger partial charge in [-0.3, -0.25) is 9.59 Å². The Morgan fingerprint density at radius 1 is 1.00 bits per heavy atom. The monoisotopic (exact) mass is 326 g/mol. The lowest BCUT2D eigenvalue weighted by molar-refractivity contribution is -0.160. The summed E-state index contributed by atoms with van der Waals surface area (Å²) in [5, 5.41) is 0. The highest BCUT2D eigenvalue weighted by molar-refractivity contribution is 5.86. The molecule has 1 atom stereocenters. The van der Waals surface area contributed by atoms with E-state index in [4.69, 9.17) is 4.74 Å². The van der Waals surface area contributed by atoms with E-state index in [1.54, 1.807) is 16.7 Å². The van der Waals surface area contributed by atoms with Crippen LogP contribution in [0.15, 0.2) is 0 Å². The van der Waals surface area contributed by atoms with Crippen LogP contribution in [0.4, 0.5) is 0 Å². The summed E-state index contributed by atoms with van der Waals surface area (Å²) in [5.41, 5.74) is 0. The Balaban J connectivity index is 2.83. The molecule has 0 spiro atoms. The topological polar surface area (TPSA) is 66.9 Å². The maximum Gasteiger partial charge on any atom is 0.330 e. The van der Waals surface area contributed by atoms with Gasteiger partial charge in [0.05, 0.1) is 13.2 Å². The molecule has 0 saturated carbocycles. The van der Waals surface area contributed by atoms with Gasteiger partial charge in [0.25, 0.3) is 0 Å². The molecule has 23 heavy (non-hydrogen) atoms. The molecular formula is C17H30N2O4. The van der Waals surface area contributed by atoms with Crippen molar-refractivity contribution in [1.29, 1.82) is 0 Å². The third-order valence-electron chi connectivity index (χ3n) is 3.78. The van der Waals surface area contributed by atoms with Gasteiger partial charge in [-0.1, -0.05) is 27.7 Å². The van der Waals surface area contributed by atoms with Crippen LogP contribution < -0.4 is 0 Å². The van der Waals surface area contributed by atoms with Crippen molar-refractivity contribution in [3.63, 3.8) is 0 Å². The van der Waals surface area contributed by atoms with Gasteiger partial charge < -0.3 is 14.5 Å². The van der Waals surface area contributed by atoms with E-state index in [1.807, 2.05) is 27.7 Å². The van der Waals surface area contributed by atoms with Gasteiger partial charge in [-0.15, -0.1) is 0 Å². The molecule has 1 fully saturated rings. The Morgan fingerprint density at radius 2 is 1.57 bits per heavy atom. The normalized spacial score (nSPS) is 18.5. The van der Waals surface area contributed by atoms with E-state index in [0.29, 0.717) is 25.9 Å². The van der Waals surface area contributed by atoms with Crippen LogP contribution >= 0.6 is 0 Å². The molecule has 0 radical (unpaired) electrons. The SMILES string of the molecule is CCOC(=O)C1CN(C(=O)CC(C)C)CCN1C(=O)CC(C)C. The van der Waals surface area contributed by atoms with Crippen molar-refractivity contribution in [2.45, 2.75) is 53.5 Å². The number of hydrogen-bond acceptors (Lipinski definition) is 4. The van der Waals surface area contributed by atoms with E-state index in [0.717, 1.165) is 0 Å². The number of esters is 1. The first-order chi connectivity index (χ1) is 10.8. The lowest BCUT2D eigenvalue weighted by Gasteiger charge is -2.40. The van der Waals surface area contributed by atoms with Crippen molar-refractivity contribution in [2.24, 2.45) is 11.8 Å². The first kappa shape index (κ1) is 19.5. The summed E-state index contributed by atoms with van der Waals surface area (Å²) in [7, 11) is 0. The number of piperazine rings is 1. The lowest BCUT2D eigenvalue weighted by atomic mass is 10.1. The van der Waals surface area contributed by atoms with Crippen LogP contribution in [0.3, 0.4) is 0 Å². The zero-order valence-corrected chi connectivity index (χ0v) is 15.0. The summed E-state index contributed by atoms with van der Waals surface area (Å²) in [5.74, 6) is 0.0565. The number of rotatable bonds is 6. The molecule has 132 valence electrons. The molecular weight excluding hydrogens is 296 g/mol. The fraction of sp³-hybridized carbons (Fsp3) is 0.824. The standard InChI is InChI=1S/C17H30N2O4/c1-6-23-17(22)14-11-18(15(20)9-12(2)3)7-8-19(14)16(21)10-13(4)5/h12-14H,6-11H2,1-5H3. The largest absolute Gasteiger partial charge is 0.464 e. The molecule has 1 aliphatic rings. The van der Waals surface area contributed by atoms with Crippen molar-refractivity contribution in [2.75, 3.05) is 26.2 Å². The van der Waals surface area contributed by atoms with Crippen molar-refractivity contribution in [1.82, 2.24) is 9.80 Å². The minimum atomic E-state index is -0.689. The van der Waals surface area contributed by atoms with E-state index in [9.17, 15) is 14.4 Å². The van der Waals surface area contributed by atoms with Crippen LogP contribution in [0, 0.1) is 11.8 Å². The summed E-state index contributed by atoms with van der Waals surface area (Å²) in [6.45, 7) is 11.0. The van der Waals surface area contributed by atoms with Gasteiger partial charge in [0.1, 0.15) is 6.04 Å². The summed E-state index contributed by atoms with van der Waals surface area (Å²) < 4.78 is 5.11. The van der Waals surface area contributed by atoms with Gasteiger partial charge in [-0.05, 0) is 18.8 Å². The molecule has 1 unspecified atom stereocenters. The van der Waals surface area contributed by atoms with Crippen molar-refractivity contribution in [3.05, 3.63) is 0 Å². The summed E-state index contributed by atoms with van der Waals surface area (Å²) in [6.07, 6.45) is 0.853. The molecule has 0 aromatic rings. The van der Waals surface area contributed by atoms with Crippen LogP contribution in [-0.4, -0.2) is 59.9 Å². The summed E-state index contributed by atoms with van der Waals surface area (Å²) in [4.78, 5) is 40.2. The number of carbonyl (C=O) groups excluding carboxylic acids is 3. The Hall–Kier alpha value is -1.59. The quantitative estimate of drug-likeness (QED) is 0.697. The Bertz CT molecular complexity index is 434. The predicted molar refractivity (Wildman–Crippen MR) is 87.6 cm³/mol. The fourth-order valence-electron chi connectivity index (χ4n) is 2.69. The zero-order valence-electron chi connectivity index (χ0n) is 15.0. The first-order valence-corrected chi connectivity index (χ1v) is 8.50. The molecule has 6 nitrogen and oxygen atoms in total. The Morgan fingerprint density at radius 3 is 2.09 bits per heavy atom. The Labute approximate surface area is 139 Å². The van der Waals surface area contributed by atoms with E-state index < -0.39 is 12.0 Å². The number of carbonyl (C=O) groups is 3. The molecule has 1 saturated heterocycles. The van der Waals surface area contributed by atoms with Crippen molar-refractivity contribution in [3.8, 4) is 0 Å². The molecule has 1 heterocycles. The summed E-state index contributed by atoms with van der Waals surface area (Å²) in [6, 6.07) is -0.689. The van der Waals surface area contributed by atoms with E-state index in [2.05, 4.69) is 0 Å². The third kappa shape index (κ3) is 5.84. The molecule has 2 amide bonds. The highest BCUT2D eigenvalue weighted by Gasteiger charge is 2.37. The molecule has 0 aromatic heterocycles. The van der Waals surface area contributed by atoms with E-state index in [1.165, 1.54) is 0 Å². The number of nitrogens with zero attached hydrogens (tertiary/aromatic N) is 2. The fourth-order valence-corrected chi connectivity index (χ4v) is 2.69. The number of amides is 2. The highest BCUT2D eigenvalue weighted by atomic mass is 16.5. The molecule has 0 N–H and O–H groups in total. The molecule has 1 aliphatic heterocycles. The summed E-state index contributed by atoms with van der Waals surface area (Å²) >= 11 is 0. The average molecular weight is 326 g/mol. The molecule has 0 bridgehead atoms. The lowest BCUT2D eigenvalue weighted by Crippen LogP contribution is -2.60. The van der Waals surface area contributed by atoms with Crippen molar-refractivity contribution >= 4 is 17.8 Å². The second kappa shape index (κ2) is 8.89. The van der Waals surface area contributed by atoms with E-state index in [-0.39, 0.29) is 36.8 Å². The zero-order chi connectivity index (χ0) is 17.6. The van der Waals surface area contributed by atoms with Gasteiger partial charge in [0.15, 0.2) is 0 Å². The van der Waals surface area contributed by atoms with E-state index >= 15 is 0 Å². The van der Waals surface area contributed by atoms with Crippen molar-refractivity contribution < 1.29 is 19.1 Å². The van der Waals surface area contributed by atoms with Gasteiger partial charge in [-0.2, -0.15) is 0 Å². The van der Waals surface area contributed by atoms with Crippen LogP contribution in [0.2, 0.25) is 0 Å². The second-order valence-corrected chi connectivity index (χ2v) is 6.89. The van der Waals surface area contributed by atoms with Crippen LogP contribution in [-0.2, 0) is 19.1 Å². The maximum absolute atomic E-state index is 12.4. The van der Waals surface area contributed by atoms with Gasteiger partial charge in [0, 0.05) is 25.9 Å². The predicted octanol–water partition coefficient (Wildman–Crippen LogP) is 1.68. The Kier molecular flexibility index (Phi) is 7.52. The molecule has 0 aliphatic carbocycles. The number of ether oxygens (including phenoxy) is 1. The second-order valence-electron chi connectivity index (χ2n) is 6.89. The molecule has 6 heteroatoms. The maximum atomic E-state index is 12.4.